The van der Waals surface area contributed by atoms with Crippen molar-refractivity contribution in [3.63, 3.8) is 0 Å². The molecule has 0 aromatic carbocycles. The van der Waals surface area contributed by atoms with E-state index in [1.807, 2.05) is 6.08 Å². The van der Waals surface area contributed by atoms with Crippen LogP contribution in [0.15, 0.2) is 23.8 Å². The van der Waals surface area contributed by atoms with Crippen molar-refractivity contribution in [3.05, 3.63) is 23.8 Å². The second-order valence-electron chi connectivity index (χ2n) is 8.28. The largest absolute Gasteiger partial charge is 0.481 e. The molecule has 5 atom stereocenters. The Hall–Kier alpha value is -1.13. The number of rotatable bonds is 7. The summed E-state index contributed by atoms with van der Waals surface area (Å²) in [6, 6.07) is 0. The summed E-state index contributed by atoms with van der Waals surface area (Å²) in [6.07, 6.45) is 15.0. The Morgan fingerprint density at radius 3 is 2.72 bits per heavy atom. The maximum atomic E-state index is 10.6. The molecule has 0 aromatic rings. The SMILES string of the molecule is O=C(O)CCC/C=C1\C[C@H]2C[C@@H](O)[C@@H](/C=C\[C@@H](O)C3CCCC3)[C@H]2C1. The molecular formula is C21H32O4. The second-order valence-corrected chi connectivity index (χ2v) is 8.28. The first kappa shape index (κ1) is 18.7. The molecule has 3 fully saturated rings. The smallest absolute Gasteiger partial charge is 0.303 e. The number of aliphatic carboxylic acids is 1. The zero-order valence-corrected chi connectivity index (χ0v) is 15.0. The van der Waals surface area contributed by atoms with Crippen LogP contribution in [0.25, 0.3) is 0 Å². The van der Waals surface area contributed by atoms with Gasteiger partial charge in [0.05, 0.1) is 12.2 Å². The van der Waals surface area contributed by atoms with E-state index in [2.05, 4.69) is 12.2 Å². The highest BCUT2D eigenvalue weighted by Crippen LogP contribution is 2.50. The van der Waals surface area contributed by atoms with Gasteiger partial charge >= 0.3 is 5.97 Å². The van der Waals surface area contributed by atoms with Crippen molar-refractivity contribution in [1.82, 2.24) is 0 Å². The van der Waals surface area contributed by atoms with Gasteiger partial charge in [0.15, 0.2) is 0 Å². The number of hydrogen-bond acceptors (Lipinski definition) is 3. The molecule has 4 nitrogen and oxygen atoms in total. The fourth-order valence-corrected chi connectivity index (χ4v) is 5.20. The van der Waals surface area contributed by atoms with Crippen LogP contribution in [0.2, 0.25) is 0 Å². The van der Waals surface area contributed by atoms with E-state index in [0.717, 1.165) is 38.5 Å². The molecule has 25 heavy (non-hydrogen) atoms. The van der Waals surface area contributed by atoms with Gasteiger partial charge in [0, 0.05) is 12.3 Å². The van der Waals surface area contributed by atoms with Crippen LogP contribution in [0.1, 0.15) is 64.2 Å². The highest BCUT2D eigenvalue weighted by molar-refractivity contribution is 5.66. The molecule has 3 aliphatic rings. The maximum absolute atomic E-state index is 10.6. The fraction of sp³-hybridized carbons (Fsp3) is 0.762. The van der Waals surface area contributed by atoms with Crippen LogP contribution in [0, 0.1) is 23.7 Å². The Bertz CT molecular complexity index is 518. The first-order valence-electron chi connectivity index (χ1n) is 9.98. The normalized spacial score (nSPS) is 35.7. The lowest BCUT2D eigenvalue weighted by atomic mass is 9.89. The molecule has 0 unspecified atom stereocenters. The molecule has 0 radical (unpaired) electrons. The summed E-state index contributed by atoms with van der Waals surface area (Å²) in [5.41, 5.74) is 1.43. The molecule has 3 saturated carbocycles. The molecule has 0 spiro atoms. The monoisotopic (exact) mass is 348 g/mol. The van der Waals surface area contributed by atoms with Crippen molar-refractivity contribution in [2.75, 3.05) is 0 Å². The Balaban J connectivity index is 1.53. The lowest BCUT2D eigenvalue weighted by Crippen LogP contribution is -2.19. The lowest BCUT2D eigenvalue weighted by molar-refractivity contribution is -0.137. The van der Waals surface area contributed by atoms with Gasteiger partial charge in [0.2, 0.25) is 0 Å². The van der Waals surface area contributed by atoms with Gasteiger partial charge in [-0.25, -0.2) is 0 Å². The van der Waals surface area contributed by atoms with Crippen LogP contribution in [0.4, 0.5) is 0 Å². The molecule has 0 saturated heterocycles. The molecular weight excluding hydrogens is 316 g/mol. The van der Waals surface area contributed by atoms with Gasteiger partial charge in [0.1, 0.15) is 0 Å². The highest BCUT2D eigenvalue weighted by Gasteiger charge is 2.45. The van der Waals surface area contributed by atoms with Crippen molar-refractivity contribution < 1.29 is 20.1 Å². The van der Waals surface area contributed by atoms with Gasteiger partial charge in [0.25, 0.3) is 0 Å². The summed E-state index contributed by atoms with van der Waals surface area (Å²) in [7, 11) is 0. The van der Waals surface area contributed by atoms with E-state index in [1.54, 1.807) is 0 Å². The van der Waals surface area contributed by atoms with Crippen molar-refractivity contribution in [2.24, 2.45) is 23.7 Å². The van der Waals surface area contributed by atoms with E-state index >= 15 is 0 Å². The van der Waals surface area contributed by atoms with E-state index in [9.17, 15) is 15.0 Å². The second kappa shape index (κ2) is 8.50. The molecule has 4 heteroatoms. The van der Waals surface area contributed by atoms with Crippen LogP contribution in [-0.2, 0) is 4.79 Å². The van der Waals surface area contributed by atoms with Gasteiger partial charge in [-0.1, -0.05) is 36.6 Å². The molecule has 3 aliphatic carbocycles. The molecule has 3 N–H and O–H groups in total. The van der Waals surface area contributed by atoms with Crippen LogP contribution < -0.4 is 0 Å². The number of unbranched alkanes of at least 4 members (excludes halogenated alkanes) is 1. The van der Waals surface area contributed by atoms with Gasteiger partial charge in [-0.2, -0.15) is 0 Å². The summed E-state index contributed by atoms with van der Waals surface area (Å²) in [5, 5.41) is 29.5. The van der Waals surface area contributed by atoms with Crippen LogP contribution in [0.3, 0.4) is 0 Å². The number of carboxylic acid groups (broad SMARTS) is 1. The fourth-order valence-electron chi connectivity index (χ4n) is 5.20. The molecule has 0 amide bonds. The minimum absolute atomic E-state index is 0.158. The average molecular weight is 348 g/mol. The van der Waals surface area contributed by atoms with Crippen LogP contribution in [0.5, 0.6) is 0 Å². The number of fused-ring (bicyclic) bond motifs is 1. The van der Waals surface area contributed by atoms with E-state index in [-0.39, 0.29) is 24.5 Å². The van der Waals surface area contributed by atoms with Crippen molar-refractivity contribution in [1.29, 1.82) is 0 Å². The molecule has 3 rings (SSSR count). The quantitative estimate of drug-likeness (QED) is 0.484. The number of carbonyl (C=O) groups is 1. The third kappa shape index (κ3) is 4.73. The Morgan fingerprint density at radius 2 is 2.00 bits per heavy atom. The third-order valence-electron chi connectivity index (χ3n) is 6.55. The summed E-state index contributed by atoms with van der Waals surface area (Å²) in [5.74, 6) is 0.854. The standard InChI is InChI=1S/C21H32O4/c22-19(15-6-2-3-7-15)10-9-17-18-12-14(5-1-4-8-21(24)25)11-16(18)13-20(17)23/h5,9-10,15-20,22-23H,1-4,6-8,11-13H2,(H,24,25)/b10-9-,14-5+/t16-,17-,18-,19+,20+/m0/s1. The van der Waals surface area contributed by atoms with E-state index in [4.69, 9.17) is 5.11 Å². The zero-order valence-electron chi connectivity index (χ0n) is 15.0. The number of carboxylic acids is 1. The van der Waals surface area contributed by atoms with E-state index < -0.39 is 5.97 Å². The first-order valence-corrected chi connectivity index (χ1v) is 9.98. The number of aliphatic hydroxyl groups excluding tert-OH is 2. The minimum atomic E-state index is -0.726. The van der Waals surface area contributed by atoms with Crippen molar-refractivity contribution in [3.8, 4) is 0 Å². The minimum Gasteiger partial charge on any atom is -0.481 e. The zero-order chi connectivity index (χ0) is 17.8. The molecule has 0 bridgehead atoms. The highest BCUT2D eigenvalue weighted by atomic mass is 16.4. The summed E-state index contributed by atoms with van der Waals surface area (Å²) >= 11 is 0. The summed E-state index contributed by atoms with van der Waals surface area (Å²) < 4.78 is 0. The first-order chi connectivity index (χ1) is 12.0. The Kier molecular flexibility index (Phi) is 6.34. The average Bonchev–Trinajstić information content (AvgIpc) is 3.26. The van der Waals surface area contributed by atoms with Crippen molar-refractivity contribution >= 4 is 5.97 Å². The Morgan fingerprint density at radius 1 is 1.24 bits per heavy atom. The number of aliphatic hydroxyl groups is 2. The van der Waals surface area contributed by atoms with Gasteiger partial charge in [-0.3, -0.25) is 4.79 Å². The van der Waals surface area contributed by atoms with Crippen LogP contribution in [-0.4, -0.2) is 33.5 Å². The maximum Gasteiger partial charge on any atom is 0.303 e. The van der Waals surface area contributed by atoms with E-state index in [1.165, 1.54) is 18.4 Å². The van der Waals surface area contributed by atoms with Gasteiger partial charge < -0.3 is 15.3 Å². The van der Waals surface area contributed by atoms with Gasteiger partial charge in [-0.15, -0.1) is 0 Å². The predicted molar refractivity (Wildman–Crippen MR) is 97.0 cm³/mol. The number of hydrogen-bond donors (Lipinski definition) is 3. The van der Waals surface area contributed by atoms with Crippen molar-refractivity contribution in [2.45, 2.75) is 76.4 Å². The molecule has 0 heterocycles. The predicted octanol–water partition coefficient (Wildman–Crippen LogP) is 3.68. The Labute approximate surface area is 150 Å². The van der Waals surface area contributed by atoms with E-state index in [0.29, 0.717) is 24.2 Å². The topological polar surface area (TPSA) is 77.8 Å². The van der Waals surface area contributed by atoms with Gasteiger partial charge in [-0.05, 0) is 62.7 Å². The lowest BCUT2D eigenvalue weighted by Gasteiger charge is -2.19. The van der Waals surface area contributed by atoms with Crippen LogP contribution >= 0.6 is 0 Å². The molecule has 0 aliphatic heterocycles. The summed E-state index contributed by atoms with van der Waals surface area (Å²) in [4.78, 5) is 10.6. The summed E-state index contributed by atoms with van der Waals surface area (Å²) in [6.45, 7) is 0. The number of allylic oxidation sites excluding steroid dienone is 2. The molecule has 140 valence electrons. The third-order valence-corrected chi connectivity index (χ3v) is 6.55. The molecule has 0 aromatic heterocycles.